The summed E-state index contributed by atoms with van der Waals surface area (Å²) in [7, 11) is 0. The molecular formula is C28H28N2O5. The van der Waals surface area contributed by atoms with E-state index in [2.05, 4.69) is 34.9 Å². The molecule has 0 aliphatic heterocycles. The Balaban J connectivity index is 1.36. The van der Waals surface area contributed by atoms with Crippen molar-refractivity contribution in [2.45, 2.75) is 32.2 Å². The third-order valence-corrected chi connectivity index (χ3v) is 6.25. The van der Waals surface area contributed by atoms with E-state index < -0.39 is 18.1 Å². The Bertz CT molecular complexity index is 1210. The van der Waals surface area contributed by atoms with Gasteiger partial charge in [-0.1, -0.05) is 68.4 Å². The van der Waals surface area contributed by atoms with Gasteiger partial charge in [0.2, 0.25) is 5.91 Å². The number of aromatic carboxylic acids is 1. The summed E-state index contributed by atoms with van der Waals surface area (Å²) in [4.78, 5) is 36.4. The molecule has 7 heteroatoms. The molecule has 0 fully saturated rings. The molecule has 7 nitrogen and oxygen atoms in total. The third-order valence-electron chi connectivity index (χ3n) is 6.25. The SMILES string of the molecule is CC(C)C(CC(=O)Nc1cccc(C(=O)O)c1)NC(=O)OCC1c2ccccc2-c2ccccc21. The van der Waals surface area contributed by atoms with Crippen LogP contribution in [0.25, 0.3) is 11.1 Å². The number of hydrogen-bond acceptors (Lipinski definition) is 4. The summed E-state index contributed by atoms with van der Waals surface area (Å²) in [5.41, 5.74) is 5.04. The Morgan fingerprint density at radius 1 is 0.914 bits per heavy atom. The van der Waals surface area contributed by atoms with Gasteiger partial charge in [0, 0.05) is 24.1 Å². The number of ether oxygens (including phenoxy) is 1. The number of anilines is 1. The van der Waals surface area contributed by atoms with Crippen molar-refractivity contribution in [2.24, 2.45) is 5.92 Å². The van der Waals surface area contributed by atoms with Gasteiger partial charge in [0.25, 0.3) is 0 Å². The summed E-state index contributed by atoms with van der Waals surface area (Å²) in [6.07, 6.45) is -0.551. The summed E-state index contributed by atoms with van der Waals surface area (Å²) < 4.78 is 5.62. The standard InChI is InChI=1S/C28H28N2O5/c1-17(2)25(15-26(31)29-19-9-7-8-18(14-19)27(32)33)30-28(34)35-16-24-22-12-5-3-10-20(22)21-11-4-6-13-23(21)24/h3-14,17,24-25H,15-16H2,1-2H3,(H,29,31)(H,30,34)(H,32,33). The van der Waals surface area contributed by atoms with Crippen molar-refractivity contribution in [3.05, 3.63) is 89.5 Å². The molecule has 4 rings (SSSR count). The average Bonchev–Trinajstić information content (AvgIpc) is 3.16. The normalized spacial score (nSPS) is 13.0. The Morgan fingerprint density at radius 3 is 2.14 bits per heavy atom. The minimum absolute atomic E-state index is 0.0217. The number of carboxylic acid groups (broad SMARTS) is 1. The van der Waals surface area contributed by atoms with Gasteiger partial charge in [0.15, 0.2) is 0 Å². The van der Waals surface area contributed by atoms with Crippen LogP contribution in [0.5, 0.6) is 0 Å². The number of carboxylic acids is 1. The highest BCUT2D eigenvalue weighted by Crippen LogP contribution is 2.44. The van der Waals surface area contributed by atoms with Crippen LogP contribution in [0, 0.1) is 5.92 Å². The Kier molecular flexibility index (Phi) is 7.15. The highest BCUT2D eigenvalue weighted by Gasteiger charge is 2.29. The second-order valence-corrected chi connectivity index (χ2v) is 8.96. The van der Waals surface area contributed by atoms with Crippen LogP contribution in [-0.2, 0) is 9.53 Å². The van der Waals surface area contributed by atoms with Crippen LogP contribution in [0.2, 0.25) is 0 Å². The van der Waals surface area contributed by atoms with Gasteiger partial charge >= 0.3 is 12.1 Å². The summed E-state index contributed by atoms with van der Waals surface area (Å²) in [5.74, 6) is -1.47. The van der Waals surface area contributed by atoms with Gasteiger partial charge in [-0.25, -0.2) is 9.59 Å². The molecule has 0 spiro atoms. The Hall–Kier alpha value is -4.13. The lowest BCUT2D eigenvalue weighted by Gasteiger charge is -2.22. The smallest absolute Gasteiger partial charge is 0.407 e. The molecule has 3 N–H and O–H groups in total. The van der Waals surface area contributed by atoms with E-state index in [1.807, 2.05) is 38.1 Å². The number of hydrogen-bond donors (Lipinski definition) is 3. The summed E-state index contributed by atoms with van der Waals surface area (Å²) in [5, 5.41) is 14.6. The van der Waals surface area contributed by atoms with Crippen molar-refractivity contribution in [3.63, 3.8) is 0 Å². The molecule has 1 aliphatic rings. The first-order valence-electron chi connectivity index (χ1n) is 11.6. The van der Waals surface area contributed by atoms with Crippen LogP contribution < -0.4 is 10.6 Å². The lowest BCUT2D eigenvalue weighted by atomic mass is 9.98. The molecule has 0 saturated carbocycles. The molecule has 35 heavy (non-hydrogen) atoms. The van der Waals surface area contributed by atoms with Crippen LogP contribution >= 0.6 is 0 Å². The lowest BCUT2D eigenvalue weighted by molar-refractivity contribution is -0.116. The maximum absolute atomic E-state index is 12.7. The first-order chi connectivity index (χ1) is 16.8. The molecule has 3 aromatic rings. The van der Waals surface area contributed by atoms with Crippen molar-refractivity contribution >= 4 is 23.7 Å². The topological polar surface area (TPSA) is 105 Å². The number of nitrogens with one attached hydrogen (secondary N) is 2. The third kappa shape index (κ3) is 5.51. The average molecular weight is 473 g/mol. The Morgan fingerprint density at radius 2 is 1.54 bits per heavy atom. The molecule has 2 amide bonds. The minimum Gasteiger partial charge on any atom is -0.478 e. The van der Waals surface area contributed by atoms with Gasteiger partial charge in [-0.05, 0) is 46.4 Å². The molecule has 1 aliphatic carbocycles. The fourth-order valence-electron chi connectivity index (χ4n) is 4.39. The molecule has 1 atom stereocenters. The van der Waals surface area contributed by atoms with Gasteiger partial charge < -0.3 is 20.5 Å². The van der Waals surface area contributed by atoms with Gasteiger partial charge in [0.1, 0.15) is 6.61 Å². The second-order valence-electron chi connectivity index (χ2n) is 8.96. The molecule has 0 saturated heterocycles. The second kappa shape index (κ2) is 10.4. The van der Waals surface area contributed by atoms with E-state index in [9.17, 15) is 14.4 Å². The molecule has 0 aromatic heterocycles. The minimum atomic E-state index is -1.07. The van der Waals surface area contributed by atoms with E-state index in [1.165, 1.54) is 12.1 Å². The lowest BCUT2D eigenvalue weighted by Crippen LogP contribution is -2.41. The Labute approximate surface area is 204 Å². The van der Waals surface area contributed by atoms with Crippen molar-refractivity contribution in [1.82, 2.24) is 5.32 Å². The molecule has 0 radical (unpaired) electrons. The monoisotopic (exact) mass is 472 g/mol. The highest BCUT2D eigenvalue weighted by atomic mass is 16.5. The van der Waals surface area contributed by atoms with Gasteiger partial charge in [-0.2, -0.15) is 0 Å². The van der Waals surface area contributed by atoms with Gasteiger partial charge in [-0.15, -0.1) is 0 Å². The summed E-state index contributed by atoms with van der Waals surface area (Å²) in [6, 6.07) is 21.8. The summed E-state index contributed by atoms with van der Waals surface area (Å²) >= 11 is 0. The van der Waals surface area contributed by atoms with Gasteiger partial charge in [0.05, 0.1) is 5.56 Å². The van der Waals surface area contributed by atoms with Crippen molar-refractivity contribution in [2.75, 3.05) is 11.9 Å². The first-order valence-corrected chi connectivity index (χ1v) is 11.6. The molecule has 3 aromatic carbocycles. The van der Waals surface area contributed by atoms with Crippen LogP contribution in [0.4, 0.5) is 10.5 Å². The number of carbonyl (C=O) groups is 3. The summed E-state index contributed by atoms with van der Waals surface area (Å²) in [6.45, 7) is 4.01. The number of carbonyl (C=O) groups excluding carboxylic acids is 2. The van der Waals surface area contributed by atoms with Crippen LogP contribution in [0.15, 0.2) is 72.8 Å². The fraction of sp³-hybridized carbons (Fsp3) is 0.250. The van der Waals surface area contributed by atoms with Crippen molar-refractivity contribution < 1.29 is 24.2 Å². The van der Waals surface area contributed by atoms with Crippen LogP contribution in [0.3, 0.4) is 0 Å². The predicted molar refractivity (Wildman–Crippen MR) is 133 cm³/mol. The zero-order chi connectivity index (χ0) is 24.9. The fourth-order valence-corrected chi connectivity index (χ4v) is 4.39. The zero-order valence-electron chi connectivity index (χ0n) is 19.7. The zero-order valence-corrected chi connectivity index (χ0v) is 19.7. The predicted octanol–water partition coefficient (Wildman–Crippen LogP) is 5.28. The van der Waals surface area contributed by atoms with E-state index in [0.29, 0.717) is 5.69 Å². The number of fused-ring (bicyclic) bond motifs is 3. The van der Waals surface area contributed by atoms with E-state index >= 15 is 0 Å². The molecule has 1 unspecified atom stereocenters. The van der Waals surface area contributed by atoms with Crippen molar-refractivity contribution in [1.29, 1.82) is 0 Å². The molecule has 180 valence electrons. The largest absolute Gasteiger partial charge is 0.478 e. The quantitative estimate of drug-likeness (QED) is 0.414. The number of benzene rings is 3. The maximum atomic E-state index is 12.7. The van der Waals surface area contributed by atoms with Crippen molar-refractivity contribution in [3.8, 4) is 11.1 Å². The van der Waals surface area contributed by atoms with E-state index in [4.69, 9.17) is 9.84 Å². The maximum Gasteiger partial charge on any atom is 0.407 e. The first kappa shape index (κ1) is 24.0. The number of rotatable bonds is 8. The highest BCUT2D eigenvalue weighted by molar-refractivity contribution is 5.94. The number of amides is 2. The van der Waals surface area contributed by atoms with Crippen LogP contribution in [-0.4, -0.2) is 35.7 Å². The van der Waals surface area contributed by atoms with E-state index in [1.54, 1.807) is 12.1 Å². The molecule has 0 bridgehead atoms. The van der Waals surface area contributed by atoms with Gasteiger partial charge in [-0.3, -0.25) is 4.79 Å². The van der Waals surface area contributed by atoms with E-state index in [-0.39, 0.29) is 36.3 Å². The number of alkyl carbamates (subject to hydrolysis) is 1. The molecule has 0 heterocycles. The molecular weight excluding hydrogens is 444 g/mol. The van der Waals surface area contributed by atoms with Crippen LogP contribution in [0.1, 0.15) is 47.7 Å². The van der Waals surface area contributed by atoms with E-state index in [0.717, 1.165) is 22.3 Å².